The second-order valence-corrected chi connectivity index (χ2v) is 7.80. The van der Waals surface area contributed by atoms with Crippen molar-refractivity contribution in [1.82, 2.24) is 14.8 Å². The first-order chi connectivity index (χ1) is 11.7. The molecule has 0 saturated heterocycles. The first-order valence-corrected chi connectivity index (χ1v) is 9.56. The number of carbonyl (C=O) groups excluding carboxylic acids is 1. The molecule has 6 heteroatoms. The number of para-hydroxylation sites is 1. The van der Waals surface area contributed by atoms with Gasteiger partial charge in [0.15, 0.2) is 5.16 Å². The molecular formula is C18H22N4OS. The SMILES string of the molecule is CCn1c(S[C@@H](C)C(=O)N2CCc3ccccc32)nnc1C1CC1. The van der Waals surface area contributed by atoms with Crippen molar-refractivity contribution in [1.29, 1.82) is 0 Å². The number of amides is 1. The molecule has 24 heavy (non-hydrogen) atoms. The fourth-order valence-corrected chi connectivity index (χ4v) is 4.31. The highest BCUT2D eigenvalue weighted by molar-refractivity contribution is 8.00. The summed E-state index contributed by atoms with van der Waals surface area (Å²) >= 11 is 1.53. The van der Waals surface area contributed by atoms with Crippen LogP contribution in [0.2, 0.25) is 0 Å². The number of rotatable bonds is 5. The topological polar surface area (TPSA) is 51.0 Å². The molecule has 1 aliphatic carbocycles. The molecule has 126 valence electrons. The fraction of sp³-hybridized carbons (Fsp3) is 0.500. The second kappa shape index (κ2) is 6.24. The molecule has 4 rings (SSSR count). The standard InChI is InChI=1S/C18H22N4OS/c1-3-21-16(14-8-9-14)19-20-18(21)24-12(2)17(23)22-11-10-13-6-4-5-7-15(13)22/h4-7,12,14H,3,8-11H2,1-2H3/t12-/m0/s1. The number of benzene rings is 1. The average molecular weight is 342 g/mol. The van der Waals surface area contributed by atoms with Crippen LogP contribution < -0.4 is 4.90 Å². The molecule has 2 aromatic rings. The van der Waals surface area contributed by atoms with E-state index in [1.165, 1.54) is 30.2 Å². The molecule has 0 spiro atoms. The summed E-state index contributed by atoms with van der Waals surface area (Å²) in [7, 11) is 0. The normalized spacial score (nSPS) is 17.8. The van der Waals surface area contributed by atoms with Gasteiger partial charge in [0.2, 0.25) is 5.91 Å². The molecule has 0 unspecified atom stereocenters. The van der Waals surface area contributed by atoms with Crippen LogP contribution in [-0.4, -0.2) is 32.5 Å². The number of hydrogen-bond donors (Lipinski definition) is 0. The predicted octanol–water partition coefficient (Wildman–Crippen LogP) is 3.25. The van der Waals surface area contributed by atoms with E-state index < -0.39 is 0 Å². The summed E-state index contributed by atoms with van der Waals surface area (Å²) in [5.41, 5.74) is 2.32. The van der Waals surface area contributed by atoms with Crippen LogP contribution in [0.1, 0.15) is 44.0 Å². The van der Waals surface area contributed by atoms with Crippen LogP contribution >= 0.6 is 11.8 Å². The molecular weight excluding hydrogens is 320 g/mol. The number of fused-ring (bicyclic) bond motifs is 1. The van der Waals surface area contributed by atoms with Gasteiger partial charge < -0.3 is 9.47 Å². The highest BCUT2D eigenvalue weighted by atomic mass is 32.2. The van der Waals surface area contributed by atoms with E-state index in [4.69, 9.17) is 0 Å². The Bertz CT molecular complexity index is 768. The Kier molecular flexibility index (Phi) is 4.08. The molecule has 0 radical (unpaired) electrons. The number of nitrogens with zero attached hydrogens (tertiary/aromatic N) is 4. The van der Waals surface area contributed by atoms with Crippen molar-refractivity contribution in [2.75, 3.05) is 11.4 Å². The van der Waals surface area contributed by atoms with Gasteiger partial charge in [-0.05, 0) is 44.7 Å². The van der Waals surface area contributed by atoms with E-state index in [2.05, 4.69) is 27.8 Å². The average Bonchev–Trinajstić information content (AvgIpc) is 3.23. The highest BCUT2D eigenvalue weighted by Gasteiger charge is 2.32. The molecule has 5 nitrogen and oxygen atoms in total. The summed E-state index contributed by atoms with van der Waals surface area (Å²) in [6.07, 6.45) is 3.36. The van der Waals surface area contributed by atoms with E-state index in [0.717, 1.165) is 36.2 Å². The predicted molar refractivity (Wildman–Crippen MR) is 95.5 cm³/mol. The van der Waals surface area contributed by atoms with Gasteiger partial charge in [0.25, 0.3) is 0 Å². The van der Waals surface area contributed by atoms with Gasteiger partial charge in [-0.25, -0.2) is 0 Å². The largest absolute Gasteiger partial charge is 0.311 e. The number of aromatic nitrogens is 3. The highest BCUT2D eigenvalue weighted by Crippen LogP contribution is 2.40. The van der Waals surface area contributed by atoms with Crippen LogP contribution in [0.3, 0.4) is 0 Å². The molecule has 2 aliphatic rings. The van der Waals surface area contributed by atoms with Gasteiger partial charge in [0.1, 0.15) is 5.82 Å². The maximum atomic E-state index is 12.9. The quantitative estimate of drug-likeness (QED) is 0.783. The van der Waals surface area contributed by atoms with E-state index >= 15 is 0 Å². The summed E-state index contributed by atoms with van der Waals surface area (Å²) in [6, 6.07) is 8.18. The minimum atomic E-state index is -0.169. The van der Waals surface area contributed by atoms with Crippen molar-refractivity contribution in [2.45, 2.75) is 56.0 Å². The van der Waals surface area contributed by atoms with E-state index in [9.17, 15) is 4.79 Å². The van der Waals surface area contributed by atoms with Crippen LogP contribution in [0.4, 0.5) is 5.69 Å². The van der Waals surface area contributed by atoms with Crippen LogP contribution in [0.15, 0.2) is 29.4 Å². The van der Waals surface area contributed by atoms with E-state index in [1.807, 2.05) is 30.0 Å². The van der Waals surface area contributed by atoms with Crippen molar-refractivity contribution in [2.24, 2.45) is 0 Å². The van der Waals surface area contributed by atoms with Gasteiger partial charge in [-0.15, -0.1) is 10.2 Å². The Morgan fingerprint density at radius 1 is 1.33 bits per heavy atom. The monoisotopic (exact) mass is 342 g/mol. The zero-order valence-corrected chi connectivity index (χ0v) is 14.9. The van der Waals surface area contributed by atoms with Crippen LogP contribution in [-0.2, 0) is 17.8 Å². The maximum Gasteiger partial charge on any atom is 0.240 e. The lowest BCUT2D eigenvalue weighted by Crippen LogP contribution is -2.35. The van der Waals surface area contributed by atoms with Gasteiger partial charge in [-0.3, -0.25) is 4.79 Å². The fourth-order valence-electron chi connectivity index (χ4n) is 3.32. The molecule has 1 fully saturated rings. The van der Waals surface area contributed by atoms with Gasteiger partial charge in [0, 0.05) is 24.7 Å². The van der Waals surface area contributed by atoms with E-state index in [1.54, 1.807) is 0 Å². The third kappa shape index (κ3) is 2.73. The van der Waals surface area contributed by atoms with Crippen molar-refractivity contribution in [3.63, 3.8) is 0 Å². The van der Waals surface area contributed by atoms with Gasteiger partial charge >= 0.3 is 0 Å². The minimum absolute atomic E-state index is 0.156. The van der Waals surface area contributed by atoms with Crippen LogP contribution in [0.5, 0.6) is 0 Å². The minimum Gasteiger partial charge on any atom is -0.311 e. The molecule has 1 atom stereocenters. The second-order valence-electron chi connectivity index (χ2n) is 6.49. The van der Waals surface area contributed by atoms with Crippen LogP contribution in [0.25, 0.3) is 0 Å². The first kappa shape index (κ1) is 15.7. The van der Waals surface area contributed by atoms with Crippen molar-refractivity contribution >= 4 is 23.4 Å². The third-order valence-electron chi connectivity index (χ3n) is 4.79. The number of anilines is 1. The maximum absolute atomic E-state index is 12.9. The number of thioether (sulfide) groups is 1. The Labute approximate surface area is 146 Å². The number of carbonyl (C=O) groups is 1. The van der Waals surface area contributed by atoms with E-state index in [0.29, 0.717) is 5.92 Å². The molecule has 1 aliphatic heterocycles. The molecule has 1 amide bonds. The zero-order chi connectivity index (χ0) is 16.7. The zero-order valence-electron chi connectivity index (χ0n) is 14.1. The van der Waals surface area contributed by atoms with Crippen molar-refractivity contribution < 1.29 is 4.79 Å². The molecule has 1 saturated carbocycles. The smallest absolute Gasteiger partial charge is 0.240 e. The summed E-state index contributed by atoms with van der Waals surface area (Å²) < 4.78 is 2.17. The molecule has 1 aromatic carbocycles. The van der Waals surface area contributed by atoms with E-state index in [-0.39, 0.29) is 11.2 Å². The van der Waals surface area contributed by atoms with Crippen molar-refractivity contribution in [3.05, 3.63) is 35.7 Å². The Hall–Kier alpha value is -1.82. The summed E-state index contributed by atoms with van der Waals surface area (Å²) in [5.74, 6) is 1.82. The molecule has 0 bridgehead atoms. The summed E-state index contributed by atoms with van der Waals surface area (Å²) in [4.78, 5) is 14.8. The van der Waals surface area contributed by atoms with Gasteiger partial charge in [-0.1, -0.05) is 30.0 Å². The number of hydrogen-bond acceptors (Lipinski definition) is 4. The Morgan fingerprint density at radius 3 is 2.88 bits per heavy atom. The lowest BCUT2D eigenvalue weighted by molar-refractivity contribution is -0.117. The van der Waals surface area contributed by atoms with Gasteiger partial charge in [0.05, 0.1) is 5.25 Å². The van der Waals surface area contributed by atoms with Crippen LogP contribution in [0, 0.1) is 0 Å². The Morgan fingerprint density at radius 2 is 2.12 bits per heavy atom. The van der Waals surface area contributed by atoms with Crippen molar-refractivity contribution in [3.8, 4) is 0 Å². The van der Waals surface area contributed by atoms with Gasteiger partial charge in [-0.2, -0.15) is 0 Å². The Balaban J connectivity index is 1.51. The lowest BCUT2D eigenvalue weighted by atomic mass is 10.2. The molecule has 0 N–H and O–H groups in total. The first-order valence-electron chi connectivity index (χ1n) is 8.68. The lowest BCUT2D eigenvalue weighted by Gasteiger charge is -2.21. The third-order valence-corrected chi connectivity index (χ3v) is 5.86. The molecule has 1 aromatic heterocycles. The summed E-state index contributed by atoms with van der Waals surface area (Å²) in [5, 5.41) is 9.41. The summed E-state index contributed by atoms with van der Waals surface area (Å²) in [6.45, 7) is 5.72. The molecule has 2 heterocycles.